The Labute approximate surface area is 88.8 Å². The molecular formula is C11H13ClO2. The van der Waals surface area contributed by atoms with Crippen molar-refractivity contribution >= 4 is 17.6 Å². The molecule has 0 bridgehead atoms. The first kappa shape index (κ1) is 11.1. The number of halogens is 1. The average molecular weight is 213 g/mol. The van der Waals surface area contributed by atoms with E-state index in [1.54, 1.807) is 12.1 Å². The van der Waals surface area contributed by atoms with Crippen LogP contribution in [0.1, 0.15) is 19.4 Å². The number of benzene rings is 1. The topological polar surface area (TPSA) is 26.3 Å². The molecule has 0 heterocycles. The van der Waals surface area contributed by atoms with E-state index in [2.05, 4.69) is 0 Å². The maximum atomic E-state index is 11.5. The summed E-state index contributed by atoms with van der Waals surface area (Å²) < 4.78 is 4.73. The normalized spacial score (nSPS) is 11.1. The zero-order valence-corrected chi connectivity index (χ0v) is 9.26. The summed E-state index contributed by atoms with van der Waals surface area (Å²) in [7, 11) is 1.38. The third kappa shape index (κ3) is 2.07. The number of carbonyl (C=O) groups excluding carboxylic acids is 1. The molecule has 0 aromatic heterocycles. The molecule has 0 aliphatic heterocycles. The predicted octanol–water partition coefficient (Wildman–Crippen LogP) is 2.79. The van der Waals surface area contributed by atoms with Gasteiger partial charge in [-0.3, -0.25) is 4.79 Å². The molecule has 0 spiro atoms. The zero-order valence-electron chi connectivity index (χ0n) is 8.50. The highest BCUT2D eigenvalue weighted by Gasteiger charge is 2.30. The molecule has 0 saturated heterocycles. The Morgan fingerprint density at radius 1 is 1.43 bits per heavy atom. The van der Waals surface area contributed by atoms with Crippen molar-refractivity contribution in [2.24, 2.45) is 0 Å². The van der Waals surface area contributed by atoms with Gasteiger partial charge >= 0.3 is 5.97 Å². The molecule has 0 radical (unpaired) electrons. The van der Waals surface area contributed by atoms with Crippen LogP contribution in [0.5, 0.6) is 0 Å². The highest BCUT2D eigenvalue weighted by molar-refractivity contribution is 6.30. The third-order valence-electron chi connectivity index (χ3n) is 2.24. The van der Waals surface area contributed by atoms with Crippen LogP contribution in [0.2, 0.25) is 5.02 Å². The van der Waals surface area contributed by atoms with E-state index in [0.717, 1.165) is 5.56 Å². The summed E-state index contributed by atoms with van der Waals surface area (Å²) in [6.07, 6.45) is 0. The summed E-state index contributed by atoms with van der Waals surface area (Å²) in [5.74, 6) is -0.264. The van der Waals surface area contributed by atoms with E-state index in [4.69, 9.17) is 16.3 Å². The molecule has 0 atom stereocenters. The molecule has 0 amide bonds. The molecule has 0 fully saturated rings. The minimum atomic E-state index is -0.653. The Balaban J connectivity index is 3.09. The lowest BCUT2D eigenvalue weighted by Crippen LogP contribution is -2.30. The van der Waals surface area contributed by atoms with Crippen LogP contribution in [0.25, 0.3) is 0 Å². The van der Waals surface area contributed by atoms with Gasteiger partial charge in [-0.05, 0) is 31.5 Å². The van der Waals surface area contributed by atoms with Gasteiger partial charge in [0.15, 0.2) is 0 Å². The number of esters is 1. The molecule has 14 heavy (non-hydrogen) atoms. The first-order chi connectivity index (χ1) is 6.48. The molecule has 76 valence electrons. The van der Waals surface area contributed by atoms with E-state index in [9.17, 15) is 4.79 Å². The van der Waals surface area contributed by atoms with Gasteiger partial charge in [0.1, 0.15) is 0 Å². The number of methoxy groups -OCH3 is 1. The second-order valence-corrected chi connectivity index (χ2v) is 4.06. The van der Waals surface area contributed by atoms with Gasteiger partial charge in [-0.2, -0.15) is 0 Å². The van der Waals surface area contributed by atoms with Gasteiger partial charge in [0.05, 0.1) is 12.5 Å². The molecule has 3 heteroatoms. The van der Waals surface area contributed by atoms with E-state index in [-0.39, 0.29) is 5.97 Å². The number of rotatable bonds is 2. The van der Waals surface area contributed by atoms with Gasteiger partial charge in [-0.1, -0.05) is 23.7 Å². The standard InChI is InChI=1S/C11H13ClO2/c1-11(2,10(13)14-3)8-5-4-6-9(12)7-8/h4-7H,1-3H3. The van der Waals surface area contributed by atoms with Crippen LogP contribution in [-0.2, 0) is 14.9 Å². The second kappa shape index (κ2) is 4.01. The van der Waals surface area contributed by atoms with Crippen molar-refractivity contribution in [3.05, 3.63) is 34.9 Å². The highest BCUT2D eigenvalue weighted by Crippen LogP contribution is 2.26. The van der Waals surface area contributed by atoms with E-state index in [0.29, 0.717) is 5.02 Å². The predicted molar refractivity (Wildman–Crippen MR) is 56.5 cm³/mol. The molecule has 1 aromatic carbocycles. The third-order valence-corrected chi connectivity index (χ3v) is 2.48. The van der Waals surface area contributed by atoms with Gasteiger partial charge in [0.25, 0.3) is 0 Å². The summed E-state index contributed by atoms with van der Waals surface area (Å²) >= 11 is 5.85. The maximum Gasteiger partial charge on any atom is 0.315 e. The first-order valence-electron chi connectivity index (χ1n) is 4.33. The molecular weight excluding hydrogens is 200 g/mol. The molecule has 1 rings (SSSR count). The first-order valence-corrected chi connectivity index (χ1v) is 4.70. The fourth-order valence-corrected chi connectivity index (χ4v) is 1.44. The molecule has 0 N–H and O–H groups in total. The molecule has 2 nitrogen and oxygen atoms in total. The van der Waals surface area contributed by atoms with Crippen molar-refractivity contribution in [3.8, 4) is 0 Å². The van der Waals surface area contributed by atoms with Crippen LogP contribution in [0, 0.1) is 0 Å². The van der Waals surface area contributed by atoms with Crippen LogP contribution in [0.15, 0.2) is 24.3 Å². The van der Waals surface area contributed by atoms with Crippen molar-refractivity contribution in [1.82, 2.24) is 0 Å². The van der Waals surface area contributed by atoms with Crippen molar-refractivity contribution < 1.29 is 9.53 Å². The van der Waals surface area contributed by atoms with Crippen molar-refractivity contribution in [3.63, 3.8) is 0 Å². The average Bonchev–Trinajstić information content (AvgIpc) is 2.16. The van der Waals surface area contributed by atoms with Gasteiger partial charge in [-0.15, -0.1) is 0 Å². The molecule has 1 aromatic rings. The Bertz CT molecular complexity index is 345. The zero-order chi connectivity index (χ0) is 10.8. The number of carbonyl (C=O) groups is 1. The van der Waals surface area contributed by atoms with Gasteiger partial charge in [0.2, 0.25) is 0 Å². The van der Waals surface area contributed by atoms with Gasteiger partial charge < -0.3 is 4.74 Å². The smallest absolute Gasteiger partial charge is 0.315 e. The van der Waals surface area contributed by atoms with Crippen LogP contribution in [0.3, 0.4) is 0 Å². The Morgan fingerprint density at radius 2 is 2.07 bits per heavy atom. The fraction of sp³-hybridized carbons (Fsp3) is 0.364. The number of hydrogen-bond acceptors (Lipinski definition) is 2. The lowest BCUT2D eigenvalue weighted by molar-refractivity contribution is -0.146. The van der Waals surface area contributed by atoms with Gasteiger partial charge in [-0.25, -0.2) is 0 Å². The summed E-state index contributed by atoms with van der Waals surface area (Å²) in [6.45, 7) is 3.62. The summed E-state index contributed by atoms with van der Waals surface area (Å²) in [6, 6.07) is 7.24. The Hall–Kier alpha value is -1.02. The SMILES string of the molecule is COC(=O)C(C)(C)c1cccc(Cl)c1. The van der Waals surface area contributed by atoms with Crippen LogP contribution in [-0.4, -0.2) is 13.1 Å². The Morgan fingerprint density at radius 3 is 2.57 bits per heavy atom. The lowest BCUT2D eigenvalue weighted by Gasteiger charge is -2.21. The number of ether oxygens (including phenoxy) is 1. The largest absolute Gasteiger partial charge is 0.468 e. The van der Waals surface area contributed by atoms with E-state index >= 15 is 0 Å². The maximum absolute atomic E-state index is 11.5. The van der Waals surface area contributed by atoms with Crippen molar-refractivity contribution in [2.45, 2.75) is 19.3 Å². The summed E-state index contributed by atoms with van der Waals surface area (Å²) in [5, 5.41) is 0.625. The Kier molecular flexibility index (Phi) is 3.17. The molecule has 0 unspecified atom stereocenters. The quantitative estimate of drug-likeness (QED) is 0.705. The van der Waals surface area contributed by atoms with Gasteiger partial charge in [0, 0.05) is 5.02 Å². The summed E-state index contributed by atoms with van der Waals surface area (Å²) in [5.41, 5.74) is 0.205. The fourth-order valence-electron chi connectivity index (χ4n) is 1.25. The number of hydrogen-bond donors (Lipinski definition) is 0. The van der Waals surface area contributed by atoms with Crippen molar-refractivity contribution in [2.75, 3.05) is 7.11 Å². The lowest BCUT2D eigenvalue weighted by atomic mass is 9.85. The van der Waals surface area contributed by atoms with E-state index in [1.165, 1.54) is 7.11 Å². The minimum absolute atomic E-state index is 0.264. The van der Waals surface area contributed by atoms with E-state index < -0.39 is 5.41 Å². The van der Waals surface area contributed by atoms with Crippen LogP contribution in [0.4, 0.5) is 0 Å². The van der Waals surface area contributed by atoms with Crippen LogP contribution >= 0.6 is 11.6 Å². The highest BCUT2D eigenvalue weighted by atomic mass is 35.5. The van der Waals surface area contributed by atoms with E-state index in [1.807, 2.05) is 26.0 Å². The van der Waals surface area contributed by atoms with Crippen LogP contribution < -0.4 is 0 Å². The molecule has 0 saturated carbocycles. The van der Waals surface area contributed by atoms with Crippen molar-refractivity contribution in [1.29, 1.82) is 0 Å². The minimum Gasteiger partial charge on any atom is -0.468 e. The molecule has 0 aliphatic rings. The molecule has 0 aliphatic carbocycles. The summed E-state index contributed by atoms with van der Waals surface area (Å²) in [4.78, 5) is 11.5. The second-order valence-electron chi connectivity index (χ2n) is 3.63. The monoisotopic (exact) mass is 212 g/mol.